The number of rotatable bonds is 6. The first kappa shape index (κ1) is 20.5. The fourth-order valence-corrected chi connectivity index (χ4v) is 3.47. The summed E-state index contributed by atoms with van der Waals surface area (Å²) in [6, 6.07) is 8.10. The van der Waals surface area contributed by atoms with Crippen LogP contribution in [0, 0.1) is 11.3 Å². The topological polar surface area (TPSA) is 36.7 Å². The van der Waals surface area contributed by atoms with Gasteiger partial charge in [-0.05, 0) is 30.4 Å². The average Bonchev–Trinajstić information content (AvgIpc) is 2.58. The van der Waals surface area contributed by atoms with Crippen LogP contribution in [-0.2, 0) is 6.18 Å². The molecule has 0 amide bonds. The molecule has 9 heteroatoms. The summed E-state index contributed by atoms with van der Waals surface area (Å²) in [5.74, 6) is -2.06. The summed E-state index contributed by atoms with van der Waals surface area (Å²) >= 11 is 1.43. The van der Waals surface area contributed by atoms with Crippen molar-refractivity contribution < 1.29 is 22.0 Å². The van der Waals surface area contributed by atoms with E-state index in [9.17, 15) is 22.0 Å². The van der Waals surface area contributed by atoms with Gasteiger partial charge < -0.3 is 0 Å². The fraction of sp³-hybridized carbons (Fsp3) is 0.294. The lowest BCUT2D eigenvalue weighted by atomic mass is 10.1. The summed E-state index contributed by atoms with van der Waals surface area (Å²) in [5.41, 5.74) is -1.14. The van der Waals surface area contributed by atoms with Crippen molar-refractivity contribution in [2.45, 2.75) is 35.2 Å². The lowest BCUT2D eigenvalue weighted by molar-refractivity contribution is -0.138. The highest BCUT2D eigenvalue weighted by Crippen LogP contribution is 2.38. The van der Waals surface area contributed by atoms with Gasteiger partial charge in [0.25, 0.3) is 5.76 Å². The van der Waals surface area contributed by atoms with Gasteiger partial charge in [0.1, 0.15) is 11.1 Å². The largest absolute Gasteiger partial charge is 0.417 e. The summed E-state index contributed by atoms with van der Waals surface area (Å²) < 4.78 is 64.8. The van der Waals surface area contributed by atoms with E-state index in [2.05, 4.69) is 4.98 Å². The third-order valence-corrected chi connectivity index (χ3v) is 5.13. The Balaban J connectivity index is 2.53. The van der Waals surface area contributed by atoms with E-state index < -0.39 is 23.1 Å². The number of aromatic nitrogens is 1. The summed E-state index contributed by atoms with van der Waals surface area (Å²) in [7, 11) is 0. The minimum absolute atomic E-state index is 0.0187. The second-order valence-electron chi connectivity index (χ2n) is 5.10. The molecule has 0 saturated carbocycles. The number of nitrogens with zero attached hydrogens (tertiary/aromatic N) is 2. The van der Waals surface area contributed by atoms with Gasteiger partial charge >= 0.3 is 6.18 Å². The van der Waals surface area contributed by atoms with Crippen LogP contribution in [0.5, 0.6) is 0 Å². The third-order valence-electron chi connectivity index (χ3n) is 3.22. The van der Waals surface area contributed by atoms with E-state index in [0.29, 0.717) is 34.4 Å². The molecule has 2 aromatic rings. The molecule has 2 rings (SSSR count). The van der Waals surface area contributed by atoms with Crippen molar-refractivity contribution in [2.75, 3.05) is 5.75 Å². The Kier molecular flexibility index (Phi) is 6.89. The van der Waals surface area contributed by atoms with Crippen molar-refractivity contribution in [1.82, 2.24) is 4.98 Å². The molecule has 0 aliphatic rings. The Hall–Kier alpha value is -1.79. The van der Waals surface area contributed by atoms with Gasteiger partial charge in [-0.3, -0.25) is 0 Å². The molecule has 0 atom stereocenters. The molecule has 2 nitrogen and oxygen atoms in total. The molecule has 0 aliphatic carbocycles. The van der Waals surface area contributed by atoms with E-state index in [1.807, 2.05) is 6.92 Å². The Labute approximate surface area is 155 Å². The van der Waals surface area contributed by atoms with Gasteiger partial charge in [0.2, 0.25) is 0 Å². The van der Waals surface area contributed by atoms with E-state index in [4.69, 9.17) is 5.26 Å². The van der Waals surface area contributed by atoms with Crippen molar-refractivity contribution in [1.29, 1.82) is 5.26 Å². The first-order valence-corrected chi connectivity index (χ1v) is 9.33. The predicted molar refractivity (Wildman–Crippen MR) is 92.3 cm³/mol. The number of nitriles is 1. The second-order valence-corrected chi connectivity index (χ2v) is 7.24. The van der Waals surface area contributed by atoms with Gasteiger partial charge in [0.15, 0.2) is 0 Å². The Morgan fingerprint density at radius 1 is 1.19 bits per heavy atom. The number of benzene rings is 1. The van der Waals surface area contributed by atoms with E-state index in [1.54, 1.807) is 6.07 Å². The van der Waals surface area contributed by atoms with E-state index >= 15 is 0 Å². The molecule has 0 spiro atoms. The molecular weight excluding hydrogens is 391 g/mol. The number of alkyl halides is 5. The monoisotopic (exact) mass is 404 g/mol. The predicted octanol–water partition coefficient (Wildman–Crippen LogP) is 6.46. The van der Waals surface area contributed by atoms with Crippen LogP contribution in [0.2, 0.25) is 0 Å². The molecule has 0 aliphatic heterocycles. The maximum Gasteiger partial charge on any atom is 0.417 e. The molecule has 0 saturated heterocycles. The lowest BCUT2D eigenvalue weighted by Crippen LogP contribution is -2.10. The van der Waals surface area contributed by atoms with Crippen molar-refractivity contribution in [3.05, 3.63) is 41.5 Å². The number of thioether (sulfide) groups is 2. The van der Waals surface area contributed by atoms with Crippen LogP contribution in [0.1, 0.15) is 24.5 Å². The number of hydrogen-bond donors (Lipinski definition) is 0. The molecule has 0 fully saturated rings. The molecule has 26 heavy (non-hydrogen) atoms. The normalized spacial score (nSPS) is 11.6. The van der Waals surface area contributed by atoms with Gasteiger partial charge in [0, 0.05) is 10.5 Å². The zero-order valence-corrected chi connectivity index (χ0v) is 15.1. The Morgan fingerprint density at radius 3 is 2.35 bits per heavy atom. The van der Waals surface area contributed by atoms with Gasteiger partial charge in [-0.15, -0.1) is 11.8 Å². The summed E-state index contributed by atoms with van der Waals surface area (Å²) in [6.07, 6.45) is -3.99. The first-order chi connectivity index (χ1) is 12.3. The molecule has 0 bridgehead atoms. The van der Waals surface area contributed by atoms with Crippen LogP contribution >= 0.6 is 23.5 Å². The fourth-order valence-electron chi connectivity index (χ4n) is 2.11. The smallest absolute Gasteiger partial charge is 0.240 e. The van der Waals surface area contributed by atoms with E-state index in [1.165, 1.54) is 24.3 Å². The molecule has 0 radical (unpaired) electrons. The van der Waals surface area contributed by atoms with Crippen LogP contribution in [0.25, 0.3) is 11.3 Å². The number of halogens is 5. The maximum absolute atomic E-state index is 13.4. The Bertz CT molecular complexity index is 799. The Morgan fingerprint density at radius 2 is 1.85 bits per heavy atom. The second kappa shape index (κ2) is 8.73. The number of hydrogen-bond acceptors (Lipinski definition) is 4. The maximum atomic E-state index is 13.4. The van der Waals surface area contributed by atoms with Crippen LogP contribution in [0.15, 0.2) is 40.3 Å². The van der Waals surface area contributed by atoms with Crippen molar-refractivity contribution in [3.8, 4) is 17.3 Å². The summed E-state index contributed by atoms with van der Waals surface area (Å²) in [5, 5.41) is 9.19. The quantitative estimate of drug-likeness (QED) is 0.409. The molecule has 1 heterocycles. The van der Waals surface area contributed by atoms with E-state index in [-0.39, 0.29) is 10.7 Å². The van der Waals surface area contributed by atoms with Gasteiger partial charge in [-0.1, -0.05) is 30.8 Å². The van der Waals surface area contributed by atoms with Gasteiger partial charge in [-0.2, -0.15) is 27.2 Å². The van der Waals surface area contributed by atoms with Crippen LogP contribution in [0.4, 0.5) is 22.0 Å². The molecule has 138 valence electrons. The minimum Gasteiger partial charge on any atom is -0.240 e. The zero-order chi connectivity index (χ0) is 19.3. The lowest BCUT2D eigenvalue weighted by Gasteiger charge is -2.14. The zero-order valence-electron chi connectivity index (χ0n) is 13.5. The van der Waals surface area contributed by atoms with Crippen LogP contribution in [0.3, 0.4) is 0 Å². The molecule has 0 N–H and O–H groups in total. The highest BCUT2D eigenvalue weighted by molar-refractivity contribution is 7.99. The highest BCUT2D eigenvalue weighted by Gasteiger charge is 2.36. The SMILES string of the molecule is CCCSc1nc(-c2ccc(SC(F)F)cc2)cc(C(F)(F)F)c1C#N. The average molecular weight is 404 g/mol. The highest BCUT2D eigenvalue weighted by atomic mass is 32.2. The summed E-state index contributed by atoms with van der Waals surface area (Å²) in [6.45, 7) is 1.87. The van der Waals surface area contributed by atoms with Crippen LogP contribution < -0.4 is 0 Å². The third kappa shape index (κ3) is 5.11. The van der Waals surface area contributed by atoms with Gasteiger partial charge in [0.05, 0.1) is 16.8 Å². The molecule has 1 aromatic heterocycles. The van der Waals surface area contributed by atoms with E-state index in [0.717, 1.165) is 17.8 Å². The number of pyridine rings is 1. The van der Waals surface area contributed by atoms with Crippen LogP contribution in [-0.4, -0.2) is 16.5 Å². The van der Waals surface area contributed by atoms with Crippen molar-refractivity contribution in [2.24, 2.45) is 0 Å². The van der Waals surface area contributed by atoms with Crippen molar-refractivity contribution >= 4 is 23.5 Å². The standard InChI is InChI=1S/C17H13F5N2S2/c1-2-7-25-15-12(9-23)13(17(20,21)22)8-14(24-15)10-3-5-11(6-4-10)26-16(18)19/h3-6,8,16H,2,7H2,1H3. The minimum atomic E-state index is -4.70. The first-order valence-electron chi connectivity index (χ1n) is 7.46. The van der Waals surface area contributed by atoms with Crippen molar-refractivity contribution in [3.63, 3.8) is 0 Å². The molecular formula is C17H13F5N2S2. The molecule has 1 aromatic carbocycles. The van der Waals surface area contributed by atoms with Gasteiger partial charge in [-0.25, -0.2) is 4.98 Å². The summed E-state index contributed by atoms with van der Waals surface area (Å²) in [4.78, 5) is 4.50. The molecule has 0 unspecified atom stereocenters.